The summed E-state index contributed by atoms with van der Waals surface area (Å²) in [6.45, 7) is 0.407. The normalized spacial score (nSPS) is 11.3. The summed E-state index contributed by atoms with van der Waals surface area (Å²) in [5.74, 6) is -2.14. The van der Waals surface area contributed by atoms with Gasteiger partial charge in [-0.3, -0.25) is 0 Å². The molecule has 3 N–H and O–H groups in total. The van der Waals surface area contributed by atoms with Crippen molar-refractivity contribution in [1.82, 2.24) is 0 Å². The molecule has 0 unspecified atom stereocenters. The molecule has 142 valence electrons. The third kappa shape index (κ3) is 7.01. The van der Waals surface area contributed by atoms with Crippen LogP contribution in [0.4, 0.5) is 26.3 Å². The van der Waals surface area contributed by atoms with E-state index >= 15 is 0 Å². The molecule has 2 aromatic rings. The molecule has 0 aliphatic carbocycles. The van der Waals surface area contributed by atoms with E-state index < -0.39 is 23.9 Å². The Balaban J connectivity index is 0.000000412. The fourth-order valence-corrected chi connectivity index (χ4v) is 1.57. The van der Waals surface area contributed by atoms with Gasteiger partial charge >= 0.3 is 18.3 Å². The first-order valence-corrected chi connectivity index (χ1v) is 6.87. The number of carbonyl (C=O) groups is 1. The highest BCUT2D eigenvalue weighted by atomic mass is 19.4. The van der Waals surface area contributed by atoms with Crippen molar-refractivity contribution < 1.29 is 41.0 Å². The van der Waals surface area contributed by atoms with Crippen molar-refractivity contribution >= 4 is 5.97 Å². The number of ether oxygens (including phenoxy) is 1. The maximum atomic E-state index is 12.5. The molecule has 0 amide bonds. The van der Waals surface area contributed by atoms with Crippen LogP contribution in [0.15, 0.2) is 48.5 Å². The largest absolute Gasteiger partial charge is 0.490 e. The average molecular weight is 381 g/mol. The molecule has 0 aliphatic rings. The Morgan fingerprint density at radius 3 is 1.92 bits per heavy atom. The number of halogens is 6. The van der Waals surface area contributed by atoms with Crippen LogP contribution in [0.3, 0.4) is 0 Å². The summed E-state index contributed by atoms with van der Waals surface area (Å²) in [7, 11) is 0. The predicted molar refractivity (Wildman–Crippen MR) is 79.5 cm³/mol. The summed E-state index contributed by atoms with van der Waals surface area (Å²) < 4.78 is 74.7. The quantitative estimate of drug-likeness (QED) is 0.763. The van der Waals surface area contributed by atoms with E-state index in [0.29, 0.717) is 12.3 Å². The number of hydrogen-bond donors (Lipinski definition) is 2. The second-order valence-electron chi connectivity index (χ2n) is 4.78. The molecule has 0 saturated carbocycles. The molecule has 0 saturated heterocycles. The van der Waals surface area contributed by atoms with Crippen LogP contribution in [0.1, 0.15) is 11.1 Å². The molecule has 0 radical (unpaired) electrons. The first kappa shape index (κ1) is 21.3. The van der Waals surface area contributed by atoms with Gasteiger partial charge in [-0.1, -0.05) is 18.2 Å². The second-order valence-corrected chi connectivity index (χ2v) is 4.78. The van der Waals surface area contributed by atoms with Crippen LogP contribution < -0.4 is 10.5 Å². The minimum Gasteiger partial charge on any atom is -0.475 e. The molecular weight excluding hydrogens is 368 g/mol. The van der Waals surface area contributed by atoms with Gasteiger partial charge in [0.25, 0.3) is 0 Å². The number of hydrogen-bond acceptors (Lipinski definition) is 3. The predicted octanol–water partition coefficient (Wildman–Crippen LogP) is 4.59. The van der Waals surface area contributed by atoms with Crippen molar-refractivity contribution in [3.05, 3.63) is 59.7 Å². The lowest BCUT2D eigenvalue weighted by Crippen LogP contribution is -2.21. The van der Waals surface area contributed by atoms with Crippen LogP contribution in [0, 0.1) is 0 Å². The standard InChI is InChI=1S/C14H12F3NO.C2HF3O2/c15-14(16,17)11-2-1-3-13(8-11)19-12-6-4-10(9-18)5-7-12;3-2(4,5)1(6)7/h1-8H,9,18H2;(H,6,7). The highest BCUT2D eigenvalue weighted by Gasteiger charge is 2.38. The SMILES string of the molecule is NCc1ccc(Oc2cccc(C(F)(F)F)c2)cc1.O=C(O)C(F)(F)F. The van der Waals surface area contributed by atoms with Crippen molar-refractivity contribution in [2.75, 3.05) is 0 Å². The van der Waals surface area contributed by atoms with Gasteiger partial charge in [0, 0.05) is 6.54 Å². The fourth-order valence-electron chi connectivity index (χ4n) is 1.57. The Hall–Kier alpha value is -2.75. The minimum atomic E-state index is -5.08. The van der Waals surface area contributed by atoms with Gasteiger partial charge in [0.2, 0.25) is 0 Å². The number of nitrogens with two attached hydrogens (primary N) is 1. The van der Waals surface area contributed by atoms with Gasteiger partial charge in [-0.15, -0.1) is 0 Å². The van der Waals surface area contributed by atoms with Crippen molar-refractivity contribution in [3.63, 3.8) is 0 Å². The van der Waals surface area contributed by atoms with Crippen molar-refractivity contribution in [2.24, 2.45) is 5.73 Å². The Labute approximate surface area is 143 Å². The Kier molecular flexibility index (Phi) is 7.01. The zero-order chi connectivity index (χ0) is 20.0. The maximum Gasteiger partial charge on any atom is 0.490 e. The number of rotatable bonds is 3. The van der Waals surface area contributed by atoms with Gasteiger partial charge < -0.3 is 15.6 Å². The van der Waals surface area contributed by atoms with Gasteiger partial charge in [-0.2, -0.15) is 26.3 Å². The van der Waals surface area contributed by atoms with Gasteiger partial charge in [0.15, 0.2) is 0 Å². The minimum absolute atomic E-state index is 0.148. The van der Waals surface area contributed by atoms with Crippen LogP contribution >= 0.6 is 0 Å². The molecule has 26 heavy (non-hydrogen) atoms. The highest BCUT2D eigenvalue weighted by molar-refractivity contribution is 5.73. The second kappa shape index (κ2) is 8.56. The van der Waals surface area contributed by atoms with Crippen LogP contribution in [-0.2, 0) is 17.5 Å². The van der Waals surface area contributed by atoms with E-state index in [0.717, 1.165) is 17.7 Å². The van der Waals surface area contributed by atoms with Crippen LogP contribution in [-0.4, -0.2) is 17.3 Å². The monoisotopic (exact) mass is 381 g/mol. The lowest BCUT2D eigenvalue weighted by atomic mass is 10.2. The molecule has 10 heteroatoms. The molecule has 4 nitrogen and oxygen atoms in total. The summed E-state index contributed by atoms with van der Waals surface area (Å²) in [6.07, 6.45) is -9.46. The summed E-state index contributed by atoms with van der Waals surface area (Å²) in [5, 5.41) is 7.12. The van der Waals surface area contributed by atoms with Crippen LogP contribution in [0.2, 0.25) is 0 Å². The summed E-state index contributed by atoms with van der Waals surface area (Å²) in [5.41, 5.74) is 5.65. The van der Waals surface area contributed by atoms with Gasteiger partial charge in [-0.25, -0.2) is 4.79 Å². The zero-order valence-corrected chi connectivity index (χ0v) is 12.9. The van der Waals surface area contributed by atoms with Gasteiger partial charge in [-0.05, 0) is 35.9 Å². The smallest absolute Gasteiger partial charge is 0.475 e. The first-order valence-electron chi connectivity index (χ1n) is 6.87. The fraction of sp³-hybridized carbons (Fsp3) is 0.188. The molecule has 0 bridgehead atoms. The van der Waals surface area contributed by atoms with Crippen LogP contribution in [0.5, 0.6) is 11.5 Å². The average Bonchev–Trinajstić information content (AvgIpc) is 2.55. The van der Waals surface area contributed by atoms with E-state index in [4.69, 9.17) is 20.4 Å². The molecule has 0 aromatic heterocycles. The molecular formula is C16H13F6NO3. The molecule has 2 rings (SSSR count). The zero-order valence-electron chi connectivity index (χ0n) is 12.9. The van der Waals surface area contributed by atoms with Gasteiger partial charge in [0.05, 0.1) is 5.56 Å². The lowest BCUT2D eigenvalue weighted by molar-refractivity contribution is -0.192. The molecule has 0 heterocycles. The highest BCUT2D eigenvalue weighted by Crippen LogP contribution is 2.32. The molecule has 0 fully saturated rings. The summed E-state index contributed by atoms with van der Waals surface area (Å²) in [6, 6.07) is 11.6. The lowest BCUT2D eigenvalue weighted by Gasteiger charge is -2.10. The van der Waals surface area contributed by atoms with E-state index in [9.17, 15) is 26.3 Å². The van der Waals surface area contributed by atoms with Gasteiger partial charge in [0.1, 0.15) is 11.5 Å². The summed E-state index contributed by atoms with van der Waals surface area (Å²) in [4.78, 5) is 8.90. The van der Waals surface area contributed by atoms with E-state index in [1.54, 1.807) is 24.3 Å². The number of benzene rings is 2. The first-order chi connectivity index (χ1) is 11.9. The topological polar surface area (TPSA) is 72.5 Å². The number of alkyl halides is 6. The van der Waals surface area contributed by atoms with E-state index in [1.165, 1.54) is 12.1 Å². The Morgan fingerprint density at radius 2 is 1.50 bits per heavy atom. The van der Waals surface area contributed by atoms with Crippen molar-refractivity contribution in [2.45, 2.75) is 18.9 Å². The molecule has 0 aliphatic heterocycles. The number of aliphatic carboxylic acids is 1. The Bertz CT molecular complexity index is 726. The van der Waals surface area contributed by atoms with E-state index in [2.05, 4.69) is 0 Å². The van der Waals surface area contributed by atoms with E-state index in [1.807, 2.05) is 0 Å². The maximum absolute atomic E-state index is 12.5. The number of carboxylic acid groups (broad SMARTS) is 1. The Morgan fingerprint density at radius 1 is 0.962 bits per heavy atom. The summed E-state index contributed by atoms with van der Waals surface area (Å²) >= 11 is 0. The third-order valence-electron chi connectivity index (χ3n) is 2.80. The third-order valence-corrected chi connectivity index (χ3v) is 2.80. The molecule has 0 atom stereocenters. The van der Waals surface area contributed by atoms with Crippen LogP contribution in [0.25, 0.3) is 0 Å². The molecule has 0 spiro atoms. The molecule has 2 aromatic carbocycles. The number of carboxylic acids is 1. The van der Waals surface area contributed by atoms with Crippen molar-refractivity contribution in [1.29, 1.82) is 0 Å². The van der Waals surface area contributed by atoms with E-state index in [-0.39, 0.29) is 5.75 Å². The van der Waals surface area contributed by atoms with Crippen molar-refractivity contribution in [3.8, 4) is 11.5 Å².